The van der Waals surface area contributed by atoms with E-state index in [0.29, 0.717) is 0 Å². The lowest BCUT2D eigenvalue weighted by Crippen LogP contribution is -2.09. The summed E-state index contributed by atoms with van der Waals surface area (Å²) < 4.78 is 0. The fourth-order valence-corrected chi connectivity index (χ4v) is 1.53. The van der Waals surface area contributed by atoms with Gasteiger partial charge in [0.15, 0.2) is 0 Å². The van der Waals surface area contributed by atoms with Crippen molar-refractivity contribution >= 4 is 11.3 Å². The fourth-order valence-electron chi connectivity index (χ4n) is 0.851. The van der Waals surface area contributed by atoms with E-state index in [2.05, 4.69) is 11.6 Å². The Morgan fingerprint density at radius 3 is 3.09 bits per heavy atom. The molecule has 0 amide bonds. The number of hydrogen-bond acceptors (Lipinski definition) is 3. The minimum absolute atomic E-state index is 0.0254. The molecule has 1 rings (SSSR count). The first-order chi connectivity index (χ1) is 5.24. The molecule has 11 heavy (non-hydrogen) atoms. The van der Waals surface area contributed by atoms with Crippen molar-refractivity contribution in [2.45, 2.75) is 19.4 Å². The molecule has 0 aliphatic carbocycles. The maximum Gasteiger partial charge on any atom is 0.0898 e. The van der Waals surface area contributed by atoms with Crippen molar-refractivity contribution in [3.05, 3.63) is 28.7 Å². The third-order valence-electron chi connectivity index (χ3n) is 1.44. The second-order valence-corrected chi connectivity index (χ2v) is 3.48. The van der Waals surface area contributed by atoms with Crippen LogP contribution in [0.2, 0.25) is 0 Å². The van der Waals surface area contributed by atoms with Gasteiger partial charge in [0.05, 0.1) is 16.7 Å². The molecule has 0 saturated heterocycles. The molecule has 0 aromatic carbocycles. The summed E-state index contributed by atoms with van der Waals surface area (Å²) >= 11 is 1.63. The molecular formula is C8H12N2S. The number of nitrogens with zero attached hydrogens (tertiary/aromatic N) is 1. The molecule has 0 aliphatic heterocycles. The van der Waals surface area contributed by atoms with Gasteiger partial charge in [0.2, 0.25) is 0 Å². The van der Waals surface area contributed by atoms with E-state index in [0.717, 1.165) is 17.1 Å². The highest BCUT2D eigenvalue weighted by molar-refractivity contribution is 7.09. The molecule has 0 fully saturated rings. The number of aromatic nitrogens is 1. The van der Waals surface area contributed by atoms with Gasteiger partial charge in [0, 0.05) is 5.38 Å². The van der Waals surface area contributed by atoms with Crippen molar-refractivity contribution in [2.75, 3.05) is 0 Å². The number of aryl methyl sites for hydroxylation is 1. The number of rotatable bonds is 3. The molecular weight excluding hydrogens is 156 g/mol. The molecule has 1 atom stereocenters. The Kier molecular flexibility index (Phi) is 2.79. The Labute approximate surface area is 70.8 Å². The van der Waals surface area contributed by atoms with E-state index in [1.54, 1.807) is 11.3 Å². The molecule has 0 spiro atoms. The van der Waals surface area contributed by atoms with E-state index < -0.39 is 0 Å². The van der Waals surface area contributed by atoms with Crippen LogP contribution in [-0.2, 0) is 0 Å². The predicted octanol–water partition coefficient (Wildman–Crippen LogP) is 2.03. The molecule has 2 nitrogen and oxygen atoms in total. The van der Waals surface area contributed by atoms with Gasteiger partial charge in [-0.15, -0.1) is 17.9 Å². The van der Waals surface area contributed by atoms with Crippen molar-refractivity contribution < 1.29 is 0 Å². The normalized spacial score (nSPS) is 12.9. The van der Waals surface area contributed by atoms with E-state index in [4.69, 9.17) is 5.73 Å². The Balaban J connectivity index is 2.67. The molecule has 0 bridgehead atoms. The van der Waals surface area contributed by atoms with Gasteiger partial charge in [0.25, 0.3) is 0 Å². The lowest BCUT2D eigenvalue weighted by molar-refractivity contribution is 0.718. The quantitative estimate of drug-likeness (QED) is 0.701. The van der Waals surface area contributed by atoms with Crippen LogP contribution in [0.15, 0.2) is 18.0 Å². The van der Waals surface area contributed by atoms with Crippen LogP contribution in [0.3, 0.4) is 0 Å². The zero-order valence-electron chi connectivity index (χ0n) is 6.58. The summed E-state index contributed by atoms with van der Waals surface area (Å²) in [6, 6.07) is 0.0254. The molecule has 1 aromatic rings. The summed E-state index contributed by atoms with van der Waals surface area (Å²) in [7, 11) is 0. The van der Waals surface area contributed by atoms with Gasteiger partial charge in [-0.1, -0.05) is 6.08 Å². The summed E-state index contributed by atoms with van der Waals surface area (Å²) in [4.78, 5) is 4.27. The molecule has 1 aromatic heterocycles. The lowest BCUT2D eigenvalue weighted by atomic mass is 10.2. The van der Waals surface area contributed by atoms with Crippen LogP contribution in [0.1, 0.15) is 23.2 Å². The summed E-state index contributed by atoms with van der Waals surface area (Å²) in [6.45, 7) is 5.61. The molecule has 0 aliphatic rings. The first-order valence-electron chi connectivity index (χ1n) is 3.52. The van der Waals surface area contributed by atoms with Crippen LogP contribution in [0.4, 0.5) is 0 Å². The van der Waals surface area contributed by atoms with Crippen molar-refractivity contribution in [3.8, 4) is 0 Å². The largest absolute Gasteiger partial charge is 0.322 e. The second-order valence-electron chi connectivity index (χ2n) is 2.42. The maximum atomic E-state index is 5.79. The third-order valence-corrected chi connectivity index (χ3v) is 2.23. The highest BCUT2D eigenvalue weighted by Gasteiger charge is 2.06. The smallest absolute Gasteiger partial charge is 0.0898 e. The van der Waals surface area contributed by atoms with Crippen LogP contribution in [0, 0.1) is 6.92 Å². The van der Waals surface area contributed by atoms with Gasteiger partial charge < -0.3 is 5.73 Å². The minimum Gasteiger partial charge on any atom is -0.322 e. The van der Waals surface area contributed by atoms with E-state index in [9.17, 15) is 0 Å². The zero-order chi connectivity index (χ0) is 8.27. The topological polar surface area (TPSA) is 38.9 Å². The van der Waals surface area contributed by atoms with Crippen LogP contribution >= 0.6 is 11.3 Å². The zero-order valence-corrected chi connectivity index (χ0v) is 7.40. The highest BCUT2D eigenvalue weighted by atomic mass is 32.1. The van der Waals surface area contributed by atoms with Crippen molar-refractivity contribution in [1.82, 2.24) is 4.98 Å². The number of thiazole rings is 1. The molecule has 0 saturated carbocycles. The van der Waals surface area contributed by atoms with E-state index in [1.165, 1.54) is 0 Å². The van der Waals surface area contributed by atoms with Crippen molar-refractivity contribution in [2.24, 2.45) is 5.73 Å². The maximum absolute atomic E-state index is 5.79. The van der Waals surface area contributed by atoms with Gasteiger partial charge in [-0.05, 0) is 13.3 Å². The summed E-state index contributed by atoms with van der Waals surface area (Å²) in [6.07, 6.45) is 2.61. The first-order valence-corrected chi connectivity index (χ1v) is 4.40. The Bertz CT molecular complexity index is 242. The highest BCUT2D eigenvalue weighted by Crippen LogP contribution is 2.16. The average molecular weight is 168 g/mol. The van der Waals surface area contributed by atoms with Crippen LogP contribution in [0.25, 0.3) is 0 Å². The molecule has 60 valence electrons. The minimum atomic E-state index is 0.0254. The summed E-state index contributed by atoms with van der Waals surface area (Å²) in [5.74, 6) is 0. The molecule has 1 heterocycles. The number of hydrogen-bond donors (Lipinski definition) is 1. The van der Waals surface area contributed by atoms with E-state index in [1.807, 2.05) is 18.4 Å². The van der Waals surface area contributed by atoms with Gasteiger partial charge in [-0.25, -0.2) is 4.98 Å². The van der Waals surface area contributed by atoms with Crippen LogP contribution in [0.5, 0.6) is 0 Å². The Morgan fingerprint density at radius 2 is 2.64 bits per heavy atom. The Morgan fingerprint density at radius 1 is 1.91 bits per heavy atom. The second kappa shape index (κ2) is 3.64. The van der Waals surface area contributed by atoms with Gasteiger partial charge in [-0.3, -0.25) is 0 Å². The number of nitrogens with two attached hydrogens (primary N) is 1. The van der Waals surface area contributed by atoms with Crippen molar-refractivity contribution in [3.63, 3.8) is 0 Å². The van der Waals surface area contributed by atoms with Gasteiger partial charge >= 0.3 is 0 Å². The Hall–Kier alpha value is -0.670. The molecule has 1 unspecified atom stereocenters. The summed E-state index contributed by atoms with van der Waals surface area (Å²) in [5, 5.41) is 3.07. The van der Waals surface area contributed by atoms with E-state index >= 15 is 0 Å². The van der Waals surface area contributed by atoms with Crippen LogP contribution in [-0.4, -0.2) is 4.98 Å². The standard InChI is InChI=1S/C8H12N2S/c1-3-4-7(9)8-5-11-6(2)10-8/h3,5,7H,1,4,9H2,2H3. The monoisotopic (exact) mass is 168 g/mol. The molecule has 2 N–H and O–H groups in total. The fraction of sp³-hybridized carbons (Fsp3) is 0.375. The first kappa shape index (κ1) is 8.43. The van der Waals surface area contributed by atoms with Crippen LogP contribution < -0.4 is 5.73 Å². The SMILES string of the molecule is C=CCC(N)c1csc(C)n1. The average Bonchev–Trinajstić information content (AvgIpc) is 2.36. The molecule has 3 heteroatoms. The lowest BCUT2D eigenvalue weighted by Gasteiger charge is -2.03. The third kappa shape index (κ3) is 2.13. The van der Waals surface area contributed by atoms with Crippen molar-refractivity contribution in [1.29, 1.82) is 0 Å². The summed E-state index contributed by atoms with van der Waals surface area (Å²) in [5.41, 5.74) is 6.77. The predicted molar refractivity (Wildman–Crippen MR) is 48.6 cm³/mol. The van der Waals surface area contributed by atoms with E-state index in [-0.39, 0.29) is 6.04 Å². The molecule has 0 radical (unpaired) electrons. The van der Waals surface area contributed by atoms with Gasteiger partial charge in [-0.2, -0.15) is 0 Å². The van der Waals surface area contributed by atoms with Gasteiger partial charge in [0.1, 0.15) is 0 Å².